The van der Waals surface area contributed by atoms with Gasteiger partial charge in [-0.3, -0.25) is 0 Å². The molecule has 0 saturated heterocycles. The van der Waals surface area contributed by atoms with Crippen molar-refractivity contribution in [1.82, 2.24) is 0 Å². The average Bonchev–Trinajstić information content (AvgIpc) is 2.28. The van der Waals surface area contributed by atoms with Crippen LogP contribution in [-0.2, 0) is 4.79 Å². The molecule has 0 amide bonds. The Hall–Kier alpha value is -2.35. The molecular formula is C12H10FNO3. The molecule has 5 heteroatoms. The molecule has 1 N–H and O–H groups in total. The van der Waals surface area contributed by atoms with Gasteiger partial charge in [0.05, 0.1) is 7.11 Å². The number of nitriles is 1. The summed E-state index contributed by atoms with van der Waals surface area (Å²) in [6.07, 6.45) is 0. The first kappa shape index (κ1) is 12.7. The number of hydrogen-bond donors (Lipinski definition) is 1. The van der Waals surface area contributed by atoms with Crippen LogP contribution in [-0.4, -0.2) is 18.2 Å². The number of hydrogen-bond acceptors (Lipinski definition) is 3. The first-order valence-corrected chi connectivity index (χ1v) is 4.69. The summed E-state index contributed by atoms with van der Waals surface area (Å²) in [5.41, 5.74) is 0.222. The van der Waals surface area contributed by atoms with Crippen LogP contribution in [0.4, 0.5) is 4.39 Å². The predicted octanol–water partition coefficient (Wildman–Crippen LogP) is 2.22. The molecule has 0 aliphatic rings. The second-order valence-corrected chi connectivity index (χ2v) is 3.26. The minimum atomic E-state index is -1.32. The van der Waals surface area contributed by atoms with Crippen LogP contribution in [0.3, 0.4) is 0 Å². The summed E-state index contributed by atoms with van der Waals surface area (Å²) in [4.78, 5) is 10.8. The molecular weight excluding hydrogens is 225 g/mol. The first-order valence-electron chi connectivity index (χ1n) is 4.69. The quantitative estimate of drug-likeness (QED) is 0.644. The number of halogens is 1. The van der Waals surface area contributed by atoms with E-state index in [1.54, 1.807) is 6.07 Å². The normalized spacial score (nSPS) is 11.4. The molecule has 17 heavy (non-hydrogen) atoms. The van der Waals surface area contributed by atoms with Gasteiger partial charge in [-0.25, -0.2) is 9.18 Å². The molecule has 4 nitrogen and oxygen atoms in total. The molecule has 0 radical (unpaired) electrons. The fourth-order valence-corrected chi connectivity index (χ4v) is 1.40. The number of carboxylic acids is 1. The molecule has 0 fully saturated rings. The maximum absolute atomic E-state index is 13.0. The van der Waals surface area contributed by atoms with Crippen molar-refractivity contribution in [3.05, 3.63) is 35.2 Å². The van der Waals surface area contributed by atoms with Crippen LogP contribution in [0.15, 0.2) is 23.8 Å². The SMILES string of the molecule is COc1cc(F)ccc1C(C)=C(C#N)C(=O)O. The molecule has 0 spiro atoms. The number of carboxylic acid groups (broad SMARTS) is 1. The standard InChI is InChI=1S/C12H10FNO3/c1-7(10(6-14)12(15)16)9-4-3-8(13)5-11(9)17-2/h3-5H,1-2H3,(H,15,16). The Morgan fingerprint density at radius 3 is 2.65 bits per heavy atom. The van der Waals surface area contributed by atoms with Crippen molar-refractivity contribution in [3.63, 3.8) is 0 Å². The minimum absolute atomic E-state index is 0.191. The third kappa shape index (κ3) is 2.61. The van der Waals surface area contributed by atoms with Crippen LogP contribution >= 0.6 is 0 Å². The fourth-order valence-electron chi connectivity index (χ4n) is 1.40. The molecule has 0 atom stereocenters. The Morgan fingerprint density at radius 1 is 1.53 bits per heavy atom. The van der Waals surface area contributed by atoms with Crippen molar-refractivity contribution in [2.75, 3.05) is 7.11 Å². The molecule has 0 aromatic heterocycles. The largest absolute Gasteiger partial charge is 0.496 e. The van der Waals surface area contributed by atoms with Gasteiger partial charge in [-0.15, -0.1) is 0 Å². The van der Waals surface area contributed by atoms with Gasteiger partial charge in [0, 0.05) is 11.6 Å². The highest BCUT2D eigenvalue weighted by Crippen LogP contribution is 2.28. The van der Waals surface area contributed by atoms with Crippen molar-refractivity contribution < 1.29 is 19.0 Å². The van der Waals surface area contributed by atoms with Crippen LogP contribution in [0.25, 0.3) is 5.57 Å². The minimum Gasteiger partial charge on any atom is -0.496 e. The highest BCUT2D eigenvalue weighted by atomic mass is 19.1. The Labute approximate surface area is 97.6 Å². The van der Waals surface area contributed by atoms with Crippen LogP contribution in [0.2, 0.25) is 0 Å². The Morgan fingerprint density at radius 2 is 2.18 bits per heavy atom. The van der Waals surface area contributed by atoms with Gasteiger partial charge in [-0.1, -0.05) is 0 Å². The molecule has 0 aliphatic carbocycles. The van der Waals surface area contributed by atoms with Crippen LogP contribution in [0, 0.1) is 17.1 Å². The number of methoxy groups -OCH3 is 1. The van der Waals surface area contributed by atoms with E-state index in [4.69, 9.17) is 15.1 Å². The summed E-state index contributed by atoms with van der Waals surface area (Å²) < 4.78 is 17.9. The molecule has 0 heterocycles. The lowest BCUT2D eigenvalue weighted by Gasteiger charge is -2.09. The number of nitrogens with zero attached hydrogens (tertiary/aromatic N) is 1. The zero-order valence-electron chi connectivity index (χ0n) is 9.32. The van der Waals surface area contributed by atoms with Gasteiger partial charge in [-0.05, 0) is 24.6 Å². The first-order chi connectivity index (χ1) is 8.01. The maximum Gasteiger partial charge on any atom is 0.346 e. The number of ether oxygens (including phenoxy) is 1. The third-order valence-corrected chi connectivity index (χ3v) is 2.27. The number of rotatable bonds is 3. The van der Waals surface area contributed by atoms with Crippen molar-refractivity contribution in [2.45, 2.75) is 6.92 Å². The topological polar surface area (TPSA) is 70.3 Å². The molecule has 0 unspecified atom stereocenters. The highest BCUT2D eigenvalue weighted by molar-refractivity contribution is 6.00. The molecule has 1 aromatic carbocycles. The van der Waals surface area contributed by atoms with Crippen molar-refractivity contribution in [2.24, 2.45) is 0 Å². The van der Waals surface area contributed by atoms with E-state index in [0.717, 1.165) is 6.07 Å². The lowest BCUT2D eigenvalue weighted by atomic mass is 10.0. The van der Waals surface area contributed by atoms with Gasteiger partial charge in [0.1, 0.15) is 23.2 Å². The van der Waals surface area contributed by atoms with Crippen molar-refractivity contribution >= 4 is 11.5 Å². The summed E-state index contributed by atoms with van der Waals surface area (Å²) in [5.74, 6) is -1.62. The van der Waals surface area contributed by atoms with Gasteiger partial charge in [0.15, 0.2) is 0 Å². The van der Waals surface area contributed by atoms with Crippen molar-refractivity contribution in [1.29, 1.82) is 5.26 Å². The lowest BCUT2D eigenvalue weighted by molar-refractivity contribution is -0.132. The maximum atomic E-state index is 13.0. The Balaban J connectivity index is 3.44. The number of aliphatic carboxylic acids is 1. The van der Waals surface area contributed by atoms with Crippen LogP contribution in [0.5, 0.6) is 5.75 Å². The van der Waals surface area contributed by atoms with E-state index in [0.29, 0.717) is 5.56 Å². The van der Waals surface area contributed by atoms with E-state index in [-0.39, 0.29) is 11.3 Å². The summed E-state index contributed by atoms with van der Waals surface area (Å²) in [5, 5.41) is 17.6. The van der Waals surface area contributed by atoms with E-state index in [1.165, 1.54) is 26.2 Å². The molecule has 0 bridgehead atoms. The summed E-state index contributed by atoms with van der Waals surface area (Å²) in [6, 6.07) is 5.29. The van der Waals surface area contributed by atoms with Crippen LogP contribution < -0.4 is 4.74 Å². The Kier molecular flexibility index (Phi) is 3.83. The third-order valence-electron chi connectivity index (χ3n) is 2.27. The van der Waals surface area contributed by atoms with E-state index in [9.17, 15) is 9.18 Å². The average molecular weight is 235 g/mol. The van der Waals surface area contributed by atoms with Gasteiger partial charge in [0.25, 0.3) is 0 Å². The number of allylic oxidation sites excluding steroid dienone is 1. The fraction of sp³-hybridized carbons (Fsp3) is 0.167. The monoisotopic (exact) mass is 235 g/mol. The summed E-state index contributed by atoms with van der Waals surface area (Å²) in [6.45, 7) is 1.47. The Bertz CT molecular complexity index is 529. The highest BCUT2D eigenvalue weighted by Gasteiger charge is 2.15. The second-order valence-electron chi connectivity index (χ2n) is 3.26. The van der Waals surface area contributed by atoms with E-state index in [1.807, 2.05) is 0 Å². The zero-order chi connectivity index (χ0) is 13.0. The molecule has 0 aliphatic heterocycles. The number of carbonyl (C=O) groups is 1. The van der Waals surface area contributed by atoms with Gasteiger partial charge in [-0.2, -0.15) is 5.26 Å². The van der Waals surface area contributed by atoms with E-state index >= 15 is 0 Å². The van der Waals surface area contributed by atoms with E-state index < -0.39 is 17.4 Å². The number of benzene rings is 1. The van der Waals surface area contributed by atoms with Crippen molar-refractivity contribution in [3.8, 4) is 11.8 Å². The second kappa shape index (κ2) is 5.12. The van der Waals surface area contributed by atoms with Gasteiger partial charge < -0.3 is 9.84 Å². The molecule has 0 saturated carbocycles. The van der Waals surface area contributed by atoms with E-state index in [2.05, 4.69) is 0 Å². The smallest absolute Gasteiger partial charge is 0.346 e. The summed E-state index contributed by atoms with van der Waals surface area (Å²) in [7, 11) is 1.35. The van der Waals surface area contributed by atoms with Gasteiger partial charge in [0.2, 0.25) is 0 Å². The summed E-state index contributed by atoms with van der Waals surface area (Å²) >= 11 is 0. The molecule has 1 rings (SSSR count). The van der Waals surface area contributed by atoms with Gasteiger partial charge >= 0.3 is 5.97 Å². The molecule has 88 valence electrons. The molecule has 1 aromatic rings. The predicted molar refractivity (Wildman–Crippen MR) is 58.8 cm³/mol. The zero-order valence-corrected chi connectivity index (χ0v) is 9.32. The van der Waals surface area contributed by atoms with Crippen LogP contribution in [0.1, 0.15) is 12.5 Å². The lowest BCUT2D eigenvalue weighted by Crippen LogP contribution is -2.02.